The average Bonchev–Trinajstić information content (AvgIpc) is 2.68. The Hall–Kier alpha value is -1.47. The molecule has 0 saturated carbocycles. The van der Waals surface area contributed by atoms with Crippen LogP contribution in [-0.4, -0.2) is 20.5 Å². The first kappa shape index (κ1) is 13.5. The lowest BCUT2D eigenvalue weighted by molar-refractivity contribution is 0.0906. The van der Waals surface area contributed by atoms with Gasteiger partial charge in [0.05, 0.1) is 11.6 Å². The van der Waals surface area contributed by atoms with E-state index < -0.39 is 10.8 Å². The molecule has 3 rings (SSSR count). The number of fused-ring (bicyclic) bond motifs is 2. The van der Waals surface area contributed by atoms with E-state index in [1.54, 1.807) is 6.07 Å². The zero-order valence-corrected chi connectivity index (χ0v) is 12.3. The summed E-state index contributed by atoms with van der Waals surface area (Å²) in [6.07, 6.45) is 3.42. The molecule has 2 unspecified atom stereocenters. The fourth-order valence-electron chi connectivity index (χ4n) is 3.43. The van der Waals surface area contributed by atoms with Crippen LogP contribution in [0.3, 0.4) is 0 Å². The summed E-state index contributed by atoms with van der Waals surface area (Å²) < 4.78 is 12.0. The molecule has 0 N–H and O–H groups in total. The van der Waals surface area contributed by atoms with Crippen molar-refractivity contribution in [3.05, 3.63) is 34.9 Å². The minimum atomic E-state index is -0.741. The molecule has 4 heteroatoms. The summed E-state index contributed by atoms with van der Waals surface area (Å²) in [4.78, 5) is 12.7. The molecule has 0 amide bonds. The van der Waals surface area contributed by atoms with Crippen LogP contribution >= 0.6 is 0 Å². The second kappa shape index (κ2) is 5.14. The Morgan fingerprint density at radius 3 is 2.55 bits per heavy atom. The number of Topliss-reactive ketones (excluding diaryl/α,β-unsaturated/α-hetero) is 1. The van der Waals surface area contributed by atoms with Crippen molar-refractivity contribution in [2.45, 2.75) is 43.1 Å². The number of carbonyl (C=O) groups excluding carboxylic acids is 1. The highest BCUT2D eigenvalue weighted by Crippen LogP contribution is 2.40. The molecule has 104 valence electrons. The molecule has 1 aromatic carbocycles. The standard InChI is InChI=1S/C16H17NO2S/c1-10-2-3-11(9-17)15(6-10)16(18)12-7-13-4-5-14(8-12)20(13)19/h2-3,6,12-14H,4-5,7-8H2,1H3. The summed E-state index contributed by atoms with van der Waals surface area (Å²) in [6.45, 7) is 1.93. The summed E-state index contributed by atoms with van der Waals surface area (Å²) in [5.74, 6) is 0.0120. The van der Waals surface area contributed by atoms with Gasteiger partial charge in [0.1, 0.15) is 0 Å². The van der Waals surface area contributed by atoms with E-state index in [2.05, 4.69) is 6.07 Å². The van der Waals surface area contributed by atoms with Gasteiger partial charge in [-0.05, 0) is 44.7 Å². The molecule has 1 aromatic rings. The van der Waals surface area contributed by atoms with E-state index in [0.29, 0.717) is 11.1 Å². The van der Waals surface area contributed by atoms with Crippen molar-refractivity contribution in [1.82, 2.24) is 0 Å². The van der Waals surface area contributed by atoms with Gasteiger partial charge in [-0.25, -0.2) is 0 Å². The monoisotopic (exact) mass is 287 g/mol. The molecule has 2 fully saturated rings. The Morgan fingerprint density at radius 2 is 1.95 bits per heavy atom. The molecular weight excluding hydrogens is 270 g/mol. The molecule has 2 aliphatic rings. The maximum Gasteiger partial charge on any atom is 0.167 e. The zero-order valence-electron chi connectivity index (χ0n) is 11.5. The number of rotatable bonds is 2. The summed E-state index contributed by atoms with van der Waals surface area (Å²) in [6, 6.07) is 7.50. The molecule has 2 aliphatic heterocycles. The van der Waals surface area contributed by atoms with Crippen molar-refractivity contribution in [3.8, 4) is 6.07 Å². The van der Waals surface area contributed by atoms with E-state index in [1.807, 2.05) is 19.1 Å². The van der Waals surface area contributed by atoms with Gasteiger partial charge in [-0.15, -0.1) is 0 Å². The number of nitrogens with zero attached hydrogens (tertiary/aromatic N) is 1. The lowest BCUT2D eigenvalue weighted by Crippen LogP contribution is -2.32. The van der Waals surface area contributed by atoms with Crippen molar-refractivity contribution < 1.29 is 9.00 Å². The smallest absolute Gasteiger partial charge is 0.167 e. The lowest BCUT2D eigenvalue weighted by atomic mass is 9.88. The molecule has 0 radical (unpaired) electrons. The largest absolute Gasteiger partial charge is 0.294 e. The minimum absolute atomic E-state index is 0.0564. The Labute approximate surface area is 121 Å². The number of hydrogen-bond acceptors (Lipinski definition) is 3. The van der Waals surface area contributed by atoms with Gasteiger partial charge >= 0.3 is 0 Å². The zero-order chi connectivity index (χ0) is 14.3. The van der Waals surface area contributed by atoms with Gasteiger partial charge in [-0.2, -0.15) is 5.26 Å². The fraction of sp³-hybridized carbons (Fsp3) is 0.500. The number of benzene rings is 1. The van der Waals surface area contributed by atoms with Crippen LogP contribution in [0.25, 0.3) is 0 Å². The average molecular weight is 287 g/mol. The molecule has 2 atom stereocenters. The van der Waals surface area contributed by atoms with E-state index in [1.165, 1.54) is 0 Å². The van der Waals surface area contributed by atoms with Gasteiger partial charge in [0.2, 0.25) is 0 Å². The number of carbonyl (C=O) groups is 1. The SMILES string of the molecule is Cc1ccc(C#N)c(C(=O)C2CC3CCC(C2)S3=O)c1. The van der Waals surface area contributed by atoms with Crippen LogP contribution < -0.4 is 0 Å². The Morgan fingerprint density at radius 1 is 1.30 bits per heavy atom. The molecule has 20 heavy (non-hydrogen) atoms. The Kier molecular flexibility index (Phi) is 3.47. The highest BCUT2D eigenvalue weighted by Gasteiger charge is 2.43. The van der Waals surface area contributed by atoms with Crippen molar-refractivity contribution in [1.29, 1.82) is 5.26 Å². The van der Waals surface area contributed by atoms with Crippen LogP contribution in [0.2, 0.25) is 0 Å². The van der Waals surface area contributed by atoms with Gasteiger partial charge in [-0.3, -0.25) is 9.00 Å². The maximum atomic E-state index is 12.7. The van der Waals surface area contributed by atoms with Crippen LogP contribution in [0.5, 0.6) is 0 Å². The minimum Gasteiger partial charge on any atom is -0.294 e. The lowest BCUT2D eigenvalue weighted by Gasteiger charge is -2.26. The van der Waals surface area contributed by atoms with Gasteiger partial charge in [-0.1, -0.05) is 11.6 Å². The van der Waals surface area contributed by atoms with E-state index >= 15 is 0 Å². The molecule has 3 nitrogen and oxygen atoms in total. The van der Waals surface area contributed by atoms with E-state index in [9.17, 15) is 9.00 Å². The van der Waals surface area contributed by atoms with Crippen molar-refractivity contribution in [3.63, 3.8) is 0 Å². The number of ketones is 1. The first-order valence-electron chi connectivity index (χ1n) is 7.04. The topological polar surface area (TPSA) is 57.9 Å². The molecule has 2 heterocycles. The highest BCUT2D eigenvalue weighted by atomic mass is 32.2. The van der Waals surface area contributed by atoms with Gasteiger partial charge < -0.3 is 0 Å². The third-order valence-corrected chi connectivity index (χ3v) is 6.66. The summed E-state index contributed by atoms with van der Waals surface area (Å²) in [5.41, 5.74) is 2.00. The molecule has 2 saturated heterocycles. The quantitative estimate of drug-likeness (QED) is 0.786. The van der Waals surface area contributed by atoms with Crippen molar-refractivity contribution in [2.75, 3.05) is 0 Å². The predicted octanol–water partition coefficient (Wildman–Crippen LogP) is 2.74. The van der Waals surface area contributed by atoms with Gasteiger partial charge in [0.25, 0.3) is 0 Å². The molecular formula is C16H17NO2S. The van der Waals surface area contributed by atoms with Crippen molar-refractivity contribution >= 4 is 16.6 Å². The molecule has 0 spiro atoms. The fourth-order valence-corrected chi connectivity index (χ4v) is 5.55. The van der Waals surface area contributed by atoms with Crippen LogP contribution in [-0.2, 0) is 10.8 Å². The van der Waals surface area contributed by atoms with E-state index in [-0.39, 0.29) is 22.2 Å². The summed E-state index contributed by atoms with van der Waals surface area (Å²) in [7, 11) is -0.741. The number of aryl methyl sites for hydroxylation is 1. The van der Waals surface area contributed by atoms with Crippen LogP contribution in [0, 0.1) is 24.2 Å². The first-order valence-corrected chi connectivity index (χ1v) is 8.32. The first-order chi connectivity index (χ1) is 9.60. The van der Waals surface area contributed by atoms with E-state index in [0.717, 1.165) is 31.2 Å². The van der Waals surface area contributed by atoms with Crippen LogP contribution in [0.1, 0.15) is 47.2 Å². The Bertz CT molecular complexity index is 616. The maximum absolute atomic E-state index is 12.7. The Balaban J connectivity index is 1.89. The third kappa shape index (κ3) is 2.20. The third-order valence-electron chi connectivity index (χ3n) is 4.49. The predicted molar refractivity (Wildman–Crippen MR) is 77.9 cm³/mol. The van der Waals surface area contributed by atoms with Crippen LogP contribution in [0.15, 0.2) is 18.2 Å². The second-order valence-corrected chi connectivity index (χ2v) is 7.83. The van der Waals surface area contributed by atoms with Gasteiger partial charge in [0.15, 0.2) is 5.78 Å². The molecule has 2 bridgehead atoms. The normalized spacial score (nSPS) is 31.8. The highest BCUT2D eigenvalue weighted by molar-refractivity contribution is 7.86. The second-order valence-electron chi connectivity index (χ2n) is 5.84. The number of nitriles is 1. The summed E-state index contributed by atoms with van der Waals surface area (Å²) in [5, 5.41) is 9.55. The summed E-state index contributed by atoms with van der Waals surface area (Å²) >= 11 is 0. The van der Waals surface area contributed by atoms with Crippen LogP contribution in [0.4, 0.5) is 0 Å². The number of hydrogen-bond donors (Lipinski definition) is 0. The van der Waals surface area contributed by atoms with Gasteiger partial charge in [0, 0.05) is 32.8 Å². The molecule has 0 aromatic heterocycles. The molecule has 0 aliphatic carbocycles. The van der Waals surface area contributed by atoms with E-state index in [4.69, 9.17) is 5.26 Å². The van der Waals surface area contributed by atoms with Crippen molar-refractivity contribution in [2.24, 2.45) is 5.92 Å².